The second kappa shape index (κ2) is 37.9. The Kier molecular flexibility index (Phi) is 26.6. The minimum Gasteiger partial charge on any atom is -0.457 e. The number of hydrogen-bond acceptors (Lipinski definition) is 20. The Labute approximate surface area is 806 Å². The van der Waals surface area contributed by atoms with E-state index >= 15 is 28.8 Å². The fraction of sp³-hybridized carbons (Fsp3) is 0.339. The van der Waals surface area contributed by atoms with Crippen LogP contribution in [0.1, 0.15) is 186 Å². The maximum atomic E-state index is 17.5. The third kappa shape index (κ3) is 18.3. The molecule has 138 heavy (non-hydrogen) atoms. The zero-order valence-electron chi connectivity index (χ0n) is 82.5. The average molecular weight is 1900 g/mol. The van der Waals surface area contributed by atoms with Gasteiger partial charge in [0.2, 0.25) is 11.8 Å². The molecule has 0 saturated carbocycles. The number of benzene rings is 13. The van der Waals surface area contributed by atoms with Crippen LogP contribution in [0, 0.1) is 0 Å². The summed E-state index contributed by atoms with van der Waals surface area (Å²) in [6, 6.07) is 59.5. The van der Waals surface area contributed by atoms with Crippen LogP contribution in [0.3, 0.4) is 0 Å². The van der Waals surface area contributed by atoms with Crippen LogP contribution in [0.15, 0.2) is 215 Å². The van der Waals surface area contributed by atoms with Crippen LogP contribution < -0.4 is 18.9 Å². The fourth-order valence-corrected chi connectivity index (χ4v) is 21.6. The third-order valence-corrected chi connectivity index (χ3v) is 31.7. The smallest absolute Gasteiger partial charge is 0.457 e. The Morgan fingerprint density at radius 1 is 0.326 bits per heavy atom. The van der Waals surface area contributed by atoms with E-state index in [9.17, 15) is 0 Å². The van der Waals surface area contributed by atoms with Gasteiger partial charge in [0.15, 0.2) is 0 Å². The van der Waals surface area contributed by atoms with Gasteiger partial charge in [0.1, 0.15) is 92.9 Å². The van der Waals surface area contributed by atoms with Crippen LogP contribution in [0.4, 0.5) is 0 Å². The van der Waals surface area contributed by atoms with Gasteiger partial charge in [0.05, 0.1) is 35.5 Å². The van der Waals surface area contributed by atoms with Gasteiger partial charge in [0.25, 0.3) is 23.6 Å². The molecular formula is C112H120N4O20Si2. The summed E-state index contributed by atoms with van der Waals surface area (Å²) < 4.78 is 90.2. The molecule has 2 atom stereocenters. The summed E-state index contributed by atoms with van der Waals surface area (Å²) in [6.45, 7) is 32.7. The van der Waals surface area contributed by atoms with Crippen molar-refractivity contribution >= 4 is 140 Å². The van der Waals surface area contributed by atoms with Crippen LogP contribution in [-0.2, 0) is 80.1 Å². The van der Waals surface area contributed by atoms with E-state index in [4.69, 9.17) is 63.8 Å². The number of rotatable bonds is 34. The molecule has 15 aromatic rings. The molecule has 0 N–H and O–H groups in total. The third-order valence-electron chi connectivity index (χ3n) is 26.9. The Hall–Kier alpha value is -12.7. The van der Waals surface area contributed by atoms with Crippen molar-refractivity contribution in [2.45, 2.75) is 169 Å². The number of imide groups is 2. The molecule has 4 heterocycles. The second-order valence-corrected chi connectivity index (χ2v) is 46.2. The van der Waals surface area contributed by atoms with Crippen LogP contribution in [0.25, 0.3) is 87.0 Å². The Balaban J connectivity index is 0.975. The van der Waals surface area contributed by atoms with Gasteiger partial charge in [-0.3, -0.25) is 38.6 Å². The van der Waals surface area contributed by atoms with Crippen molar-refractivity contribution in [3.63, 3.8) is 0 Å². The van der Waals surface area contributed by atoms with Gasteiger partial charge < -0.3 is 73.6 Å². The Morgan fingerprint density at radius 3 is 0.841 bits per heavy atom. The summed E-state index contributed by atoms with van der Waals surface area (Å²) in [6.07, 6.45) is -0.480. The van der Waals surface area contributed by atoms with E-state index in [2.05, 4.69) is 83.1 Å². The molecule has 2 unspecified atom stereocenters. The normalized spacial score (nSPS) is 14.1. The number of amides is 6. The quantitative estimate of drug-likeness (QED) is 0.0119. The summed E-state index contributed by atoms with van der Waals surface area (Å²) in [5.74, 6) is -3.03. The SMILES string of the molecule is CO[Si](COCCN(C(=O)C(Cc1ccc2oc3ccccc3c2c1)N1C(=O)c2cc(Oc3ccc(C(C)(C)C)cc3)c3c4c(Oc5ccc(C(C)(C)C)cc5)cc5c6c(cc(Oc7ccc(C(C)(C)C)cc7)c(c7c(Oc8ccc(C(C)(C)C)cc8)cc(c2c37)C1=O)c64)C(=O)N(C(Cc1ccc2oc3ccccc3c2c1)C(=O)N(CCOC[Si](OC)(OC)OC)C(C)C)C5=O)C(C)C)(OC)OC. The zero-order chi connectivity index (χ0) is 98.3. The van der Waals surface area contributed by atoms with Gasteiger partial charge >= 0.3 is 17.6 Å². The van der Waals surface area contributed by atoms with Crippen molar-refractivity contribution in [3.8, 4) is 46.0 Å². The highest BCUT2D eigenvalue weighted by Crippen LogP contribution is 2.59. The maximum Gasteiger partial charge on any atom is 0.527 e. The van der Waals surface area contributed by atoms with Crippen LogP contribution >= 0.6 is 0 Å². The van der Waals surface area contributed by atoms with Crippen LogP contribution in [0.5, 0.6) is 46.0 Å². The highest BCUT2D eigenvalue weighted by molar-refractivity contribution is 6.61. The van der Waals surface area contributed by atoms with Gasteiger partial charge in [-0.05, 0) is 192 Å². The van der Waals surface area contributed by atoms with E-state index < -0.39 is 77.2 Å². The molecule has 2 aliphatic heterocycles. The molecule has 24 nitrogen and oxygen atoms in total. The first-order valence-electron chi connectivity index (χ1n) is 46.9. The lowest BCUT2D eigenvalue weighted by Gasteiger charge is -2.38. The van der Waals surface area contributed by atoms with Crippen molar-refractivity contribution in [1.82, 2.24) is 19.6 Å². The number of furan rings is 2. The van der Waals surface area contributed by atoms with E-state index in [-0.39, 0.29) is 162 Å². The van der Waals surface area contributed by atoms with E-state index in [0.717, 1.165) is 53.6 Å². The largest absolute Gasteiger partial charge is 0.527 e. The summed E-state index contributed by atoms with van der Waals surface area (Å²) in [4.78, 5) is 109. The molecule has 2 aliphatic rings. The van der Waals surface area contributed by atoms with Gasteiger partial charge in [-0.15, -0.1) is 0 Å². The van der Waals surface area contributed by atoms with E-state index in [0.29, 0.717) is 56.5 Å². The van der Waals surface area contributed by atoms with Crippen LogP contribution in [-0.4, -0.2) is 178 Å². The van der Waals surface area contributed by atoms with Gasteiger partial charge in [-0.1, -0.05) is 180 Å². The molecule has 0 spiro atoms. The highest BCUT2D eigenvalue weighted by atomic mass is 28.4. The lowest BCUT2D eigenvalue weighted by molar-refractivity contribution is -0.138. The van der Waals surface area contributed by atoms with Crippen molar-refractivity contribution in [2.75, 3.05) is 81.4 Å². The predicted octanol–water partition coefficient (Wildman–Crippen LogP) is 23.7. The number of para-hydroxylation sites is 2. The monoisotopic (exact) mass is 1900 g/mol. The minimum atomic E-state index is -3.31. The molecule has 0 radical (unpaired) electrons. The standard InChI is InChI=1S/C112H120N4O20Si2/c1-65(2)113(51-53-129-63-137(123-17,124-18)125-19)107(121)85(57-67-31-49-89-79(55-67)77-27-23-25-29-87(77)135-89)115-103(117)81-59-91(131-73-41-33-69(34-42-73)109(5,6)7)97-99-93(133-75-45-37-71(38-46-75)111(11,12)13)61-83-96-84(106(120)116(105(83)119)86(58-68-32-50-90-80(56-68)78-28-24-26-30-88(78)136-90)108(122)114(66(3)4)52-54-130-64-138(126-20,127-21)128-22)62-94(134-76-47-39-72(40-48-76)112(14,15)16)100(102(96)99)98-92(60-82(104(115)118)95(81)101(97)98)132-74-43-35-70(36-44-74)110(8,9)10/h23-50,55-56,59-62,65-66,85-86H,51-54,57-58,63-64H2,1-22H3. The predicted molar refractivity (Wildman–Crippen MR) is 541 cm³/mol. The number of carbonyl (C=O) groups is 6. The Bertz CT molecular complexity index is 6520. The van der Waals surface area contributed by atoms with Gasteiger partial charge in [-0.25, -0.2) is 0 Å². The molecule has 13 aromatic carbocycles. The van der Waals surface area contributed by atoms with E-state index in [1.54, 1.807) is 34.1 Å². The first kappa shape index (κ1) is 97.0. The number of fused-ring (bicyclic) bond motifs is 8. The first-order valence-corrected chi connectivity index (χ1v) is 50.7. The maximum absolute atomic E-state index is 17.5. The summed E-state index contributed by atoms with van der Waals surface area (Å²) in [5, 5.41) is 4.93. The molecule has 0 bridgehead atoms. The first-order chi connectivity index (χ1) is 65.7. The molecule has 716 valence electrons. The number of carbonyl (C=O) groups excluding carboxylic acids is 6. The van der Waals surface area contributed by atoms with E-state index in [1.165, 1.54) is 42.7 Å². The molecule has 17 rings (SSSR count). The number of hydrogen-bond donors (Lipinski definition) is 0. The summed E-state index contributed by atoms with van der Waals surface area (Å²) in [7, 11) is 2.30. The molecule has 2 aromatic heterocycles. The van der Waals surface area contributed by atoms with Gasteiger partial charge in [0, 0.05) is 145 Å². The molecule has 0 fully saturated rings. The fourth-order valence-electron chi connectivity index (χ4n) is 19.1. The topological polar surface area (TPSA) is 252 Å². The lowest BCUT2D eigenvalue weighted by atomic mass is 9.80. The van der Waals surface area contributed by atoms with Crippen molar-refractivity contribution in [3.05, 3.63) is 262 Å². The molecule has 6 amide bonds. The lowest BCUT2D eigenvalue weighted by Crippen LogP contribution is -2.57. The van der Waals surface area contributed by atoms with Crippen LogP contribution in [0.2, 0.25) is 0 Å². The molecule has 0 aliphatic carbocycles. The second-order valence-electron chi connectivity index (χ2n) is 40.4. The average Bonchev–Trinajstić information content (AvgIpc) is 0.781. The molecule has 26 heteroatoms. The zero-order valence-corrected chi connectivity index (χ0v) is 84.5. The van der Waals surface area contributed by atoms with Crippen molar-refractivity contribution in [2.24, 2.45) is 0 Å². The van der Waals surface area contributed by atoms with Crippen molar-refractivity contribution < 1.29 is 92.6 Å². The van der Waals surface area contributed by atoms with Gasteiger partial charge in [-0.2, -0.15) is 0 Å². The molecule has 0 saturated heterocycles. The summed E-state index contributed by atoms with van der Waals surface area (Å²) >= 11 is 0. The number of ether oxygens (including phenoxy) is 6. The number of nitrogens with zero attached hydrogens (tertiary/aromatic N) is 4. The van der Waals surface area contributed by atoms with Crippen molar-refractivity contribution in [1.29, 1.82) is 0 Å². The molecular weight excluding hydrogens is 1780 g/mol. The highest BCUT2D eigenvalue weighted by Gasteiger charge is 2.49. The Morgan fingerprint density at radius 2 is 0.587 bits per heavy atom. The van der Waals surface area contributed by atoms with E-state index in [1.807, 2.05) is 210 Å². The summed E-state index contributed by atoms with van der Waals surface area (Å²) in [5.41, 5.74) is 6.17. The minimum absolute atomic E-state index is 0.0110.